The second-order valence-corrected chi connectivity index (χ2v) is 7.43. The fourth-order valence-corrected chi connectivity index (χ4v) is 4.33. The van der Waals surface area contributed by atoms with Crippen molar-refractivity contribution >= 4 is 5.71 Å². The maximum absolute atomic E-state index is 9.89. The van der Waals surface area contributed by atoms with Crippen molar-refractivity contribution in [1.29, 1.82) is 0 Å². The molecule has 0 amide bonds. The van der Waals surface area contributed by atoms with Crippen LogP contribution >= 0.6 is 0 Å². The summed E-state index contributed by atoms with van der Waals surface area (Å²) in [5, 5.41) is 13.5. The van der Waals surface area contributed by atoms with E-state index in [1.165, 1.54) is 10.5 Å². The highest BCUT2D eigenvalue weighted by molar-refractivity contribution is 6.03. The molecule has 2 aliphatic heterocycles. The van der Waals surface area contributed by atoms with Crippen LogP contribution in [0.4, 0.5) is 0 Å². The van der Waals surface area contributed by atoms with E-state index in [0.29, 0.717) is 35.1 Å². The summed E-state index contributed by atoms with van der Waals surface area (Å²) in [6, 6.07) is 7.51. The molecule has 0 fully saturated rings. The highest BCUT2D eigenvalue weighted by Crippen LogP contribution is 2.48. The van der Waals surface area contributed by atoms with Crippen LogP contribution in [0.3, 0.4) is 0 Å². The smallest absolute Gasteiger partial charge is 0.231 e. The Balaban J connectivity index is 1.75. The number of benzene rings is 2. The number of rotatable bonds is 6. The molecule has 160 valence electrons. The quantitative estimate of drug-likeness (QED) is 0.426. The van der Waals surface area contributed by atoms with Gasteiger partial charge in [0.1, 0.15) is 17.5 Å². The number of fused-ring (bicyclic) bond motifs is 2. The van der Waals surface area contributed by atoms with Gasteiger partial charge in [-0.05, 0) is 23.8 Å². The van der Waals surface area contributed by atoms with Crippen LogP contribution in [-0.2, 0) is 6.42 Å². The molecule has 2 aromatic carbocycles. The normalized spacial score (nSPS) is 19.9. The molecule has 0 aliphatic carbocycles. The number of nitrogens with one attached hydrogen (secondary N) is 1. The van der Waals surface area contributed by atoms with Gasteiger partial charge in [-0.2, -0.15) is 0 Å². The van der Waals surface area contributed by atoms with E-state index in [2.05, 4.69) is 12.2 Å². The molecular formula is C22H27N2O6+. The van der Waals surface area contributed by atoms with Crippen molar-refractivity contribution < 1.29 is 33.8 Å². The molecule has 2 atom stereocenters. The Labute approximate surface area is 175 Å². The highest BCUT2D eigenvalue weighted by Gasteiger charge is 2.37. The molecular weight excluding hydrogens is 388 g/mol. The third kappa shape index (κ3) is 3.37. The van der Waals surface area contributed by atoms with Gasteiger partial charge >= 0.3 is 0 Å². The monoisotopic (exact) mass is 415 g/mol. The van der Waals surface area contributed by atoms with Crippen molar-refractivity contribution in [2.45, 2.75) is 18.9 Å². The predicted octanol–water partition coefficient (Wildman–Crippen LogP) is 1.82. The third-order valence-corrected chi connectivity index (χ3v) is 5.92. The lowest BCUT2D eigenvalue weighted by Gasteiger charge is -2.33. The molecule has 1 unspecified atom stereocenters. The lowest BCUT2D eigenvalue weighted by Crippen LogP contribution is -3.10. The average Bonchev–Trinajstić information content (AvgIpc) is 3.25. The Morgan fingerprint density at radius 2 is 2.00 bits per heavy atom. The Hall–Kier alpha value is -3.13. The van der Waals surface area contributed by atoms with Gasteiger partial charge in [0.2, 0.25) is 12.5 Å². The first-order chi connectivity index (χ1) is 14.6. The molecule has 8 heteroatoms. The minimum absolute atomic E-state index is 0.0101. The van der Waals surface area contributed by atoms with Crippen molar-refractivity contribution in [1.82, 2.24) is 0 Å². The molecule has 2 heterocycles. The van der Waals surface area contributed by atoms with Crippen LogP contribution in [0.25, 0.3) is 0 Å². The molecule has 0 radical (unpaired) electrons. The van der Waals surface area contributed by atoms with Crippen molar-refractivity contribution in [3.63, 3.8) is 0 Å². The summed E-state index contributed by atoms with van der Waals surface area (Å²) in [6.45, 7) is 1.13. The van der Waals surface area contributed by atoms with Crippen molar-refractivity contribution in [3.05, 3.63) is 41.0 Å². The summed E-state index contributed by atoms with van der Waals surface area (Å²) in [7, 11) is 6.97. The maximum Gasteiger partial charge on any atom is 0.231 e. The second-order valence-electron chi connectivity index (χ2n) is 7.43. The van der Waals surface area contributed by atoms with Gasteiger partial charge in [0.05, 0.1) is 52.6 Å². The molecule has 0 saturated carbocycles. The van der Waals surface area contributed by atoms with Crippen LogP contribution in [0, 0.1) is 0 Å². The topological polar surface area (TPSA) is 83.2 Å². The lowest BCUT2D eigenvalue weighted by molar-refractivity contribution is -0.913. The van der Waals surface area contributed by atoms with Gasteiger partial charge in [0, 0.05) is 18.1 Å². The fourth-order valence-electron chi connectivity index (χ4n) is 4.33. The van der Waals surface area contributed by atoms with Gasteiger partial charge in [0.15, 0.2) is 11.5 Å². The van der Waals surface area contributed by atoms with E-state index in [0.717, 1.165) is 29.8 Å². The van der Waals surface area contributed by atoms with Gasteiger partial charge in [0.25, 0.3) is 0 Å². The number of hydrogen-bond donors (Lipinski definition) is 2. The van der Waals surface area contributed by atoms with Crippen LogP contribution in [-0.4, -0.2) is 52.6 Å². The molecule has 0 aromatic heterocycles. The molecule has 4 rings (SSSR count). The Morgan fingerprint density at radius 3 is 2.70 bits per heavy atom. The fraction of sp³-hybridized carbons (Fsp3) is 0.409. The number of methoxy groups -OCH3 is 3. The van der Waals surface area contributed by atoms with Crippen LogP contribution in [0.2, 0.25) is 0 Å². The number of likely N-dealkylation sites (N-methyl/N-ethyl adjacent to an activating group) is 1. The molecule has 2 N–H and O–H groups in total. The third-order valence-electron chi connectivity index (χ3n) is 5.92. The van der Waals surface area contributed by atoms with Crippen molar-refractivity contribution in [2.24, 2.45) is 5.16 Å². The summed E-state index contributed by atoms with van der Waals surface area (Å²) in [5.74, 6) is 3.32. The number of oxime groups is 1. The van der Waals surface area contributed by atoms with Crippen LogP contribution in [0.5, 0.6) is 28.7 Å². The lowest BCUT2D eigenvalue weighted by atomic mass is 9.87. The molecule has 0 bridgehead atoms. The van der Waals surface area contributed by atoms with Crippen molar-refractivity contribution in [2.75, 3.05) is 41.7 Å². The van der Waals surface area contributed by atoms with Gasteiger partial charge < -0.3 is 33.8 Å². The number of hydrogen-bond acceptors (Lipinski definition) is 7. The summed E-state index contributed by atoms with van der Waals surface area (Å²) < 4.78 is 27.8. The largest absolute Gasteiger partial charge is 0.497 e. The molecule has 0 saturated heterocycles. The van der Waals surface area contributed by atoms with E-state index in [4.69, 9.17) is 23.7 Å². The average molecular weight is 415 g/mol. The molecule has 2 aliphatic rings. The summed E-state index contributed by atoms with van der Waals surface area (Å²) in [6.07, 6.45) is 1.40. The Morgan fingerprint density at radius 1 is 1.17 bits per heavy atom. The zero-order valence-electron chi connectivity index (χ0n) is 17.7. The van der Waals surface area contributed by atoms with Crippen LogP contribution < -0.4 is 28.6 Å². The maximum atomic E-state index is 9.89. The zero-order chi connectivity index (χ0) is 21.3. The molecule has 30 heavy (non-hydrogen) atoms. The van der Waals surface area contributed by atoms with Gasteiger partial charge in [-0.25, -0.2) is 0 Å². The number of quaternary nitrogens is 1. The first kappa shape index (κ1) is 20.2. The molecule has 2 aromatic rings. The Kier molecular flexibility index (Phi) is 5.59. The summed E-state index contributed by atoms with van der Waals surface area (Å²) >= 11 is 0. The van der Waals surface area contributed by atoms with Crippen LogP contribution in [0.1, 0.15) is 29.2 Å². The number of nitrogens with zero attached hydrogens (tertiary/aromatic N) is 1. The predicted molar refractivity (Wildman–Crippen MR) is 110 cm³/mol. The Bertz CT molecular complexity index is 975. The number of ether oxygens (including phenoxy) is 5. The van der Waals surface area contributed by atoms with E-state index < -0.39 is 0 Å². The summed E-state index contributed by atoms with van der Waals surface area (Å²) in [5.41, 5.74) is 3.50. The van der Waals surface area contributed by atoms with E-state index in [9.17, 15) is 5.21 Å². The second kappa shape index (κ2) is 8.31. The molecule has 8 nitrogen and oxygen atoms in total. The standard InChI is InChI=1S/C22H26N2O6/c1-24-8-7-13-9-19-21(30-12-29-19)22(28-4)20(13)17(24)11-16(23-25)15-6-5-14(26-2)10-18(15)27-3/h5-6,9-10,17,25H,7-8,11-12H2,1-4H3/p+1/b23-16+/t17-/m0/s1. The van der Waals surface area contributed by atoms with Gasteiger partial charge in [-0.15, -0.1) is 0 Å². The zero-order valence-corrected chi connectivity index (χ0v) is 17.7. The van der Waals surface area contributed by atoms with E-state index in [1.807, 2.05) is 18.2 Å². The highest BCUT2D eigenvalue weighted by atomic mass is 16.7. The van der Waals surface area contributed by atoms with Crippen LogP contribution in [0.15, 0.2) is 29.4 Å². The van der Waals surface area contributed by atoms with E-state index >= 15 is 0 Å². The SMILES string of the molecule is COc1ccc(/C(C[C@H]2c3c(cc4c(c3OC)OCO4)CC[NH+]2C)=N/O)c(OC)c1. The minimum atomic E-state index is 0.0101. The van der Waals surface area contributed by atoms with E-state index in [1.54, 1.807) is 27.4 Å². The van der Waals surface area contributed by atoms with E-state index in [-0.39, 0.29) is 12.8 Å². The van der Waals surface area contributed by atoms with Crippen molar-refractivity contribution in [3.8, 4) is 28.7 Å². The molecule has 0 spiro atoms. The van der Waals surface area contributed by atoms with Gasteiger partial charge in [-0.3, -0.25) is 0 Å². The minimum Gasteiger partial charge on any atom is -0.497 e. The first-order valence-corrected chi connectivity index (χ1v) is 9.86. The first-order valence-electron chi connectivity index (χ1n) is 9.86. The summed E-state index contributed by atoms with van der Waals surface area (Å²) in [4.78, 5) is 1.30. The van der Waals surface area contributed by atoms with Gasteiger partial charge in [-0.1, -0.05) is 5.16 Å².